The Balaban J connectivity index is 1.53. The van der Waals surface area contributed by atoms with Crippen molar-refractivity contribution in [2.75, 3.05) is 20.2 Å². The molecule has 0 aliphatic carbocycles. The first-order valence-electron chi connectivity index (χ1n) is 8.78. The van der Waals surface area contributed by atoms with Gasteiger partial charge in [0.1, 0.15) is 5.75 Å². The molecule has 2 aromatic rings. The van der Waals surface area contributed by atoms with Crippen molar-refractivity contribution < 1.29 is 14.1 Å². The number of benzene rings is 1. The minimum atomic E-state index is 0.167. The van der Waals surface area contributed by atoms with Crippen LogP contribution in [-0.2, 0) is 4.79 Å². The number of methoxy groups -OCH3 is 1. The second kappa shape index (κ2) is 7.68. The predicted octanol–water partition coefficient (Wildman–Crippen LogP) is 3.29. The van der Waals surface area contributed by atoms with Crippen LogP contribution in [0.5, 0.6) is 5.75 Å². The number of hydrogen-bond donors (Lipinski definition) is 0. The van der Waals surface area contributed by atoms with Gasteiger partial charge in [-0.25, -0.2) is 0 Å². The molecule has 0 saturated carbocycles. The number of nitrogens with zero attached hydrogens (tertiary/aromatic N) is 3. The number of amides is 1. The smallest absolute Gasteiger partial charge is 0.223 e. The molecule has 1 amide bonds. The van der Waals surface area contributed by atoms with Crippen LogP contribution in [-0.4, -0.2) is 41.1 Å². The lowest BCUT2D eigenvalue weighted by atomic mass is 9.94. The number of rotatable bonds is 5. The Kier molecular flexibility index (Phi) is 5.36. The summed E-state index contributed by atoms with van der Waals surface area (Å²) in [6, 6.07) is 7.93. The summed E-state index contributed by atoms with van der Waals surface area (Å²) in [4.78, 5) is 18.9. The Bertz CT molecular complexity index is 720. The first-order valence-corrected chi connectivity index (χ1v) is 8.78. The number of carbonyl (C=O) groups is 1. The third-order valence-electron chi connectivity index (χ3n) is 4.90. The van der Waals surface area contributed by atoms with Crippen LogP contribution in [0.15, 0.2) is 28.8 Å². The summed E-state index contributed by atoms with van der Waals surface area (Å²) >= 11 is 0. The lowest BCUT2D eigenvalue weighted by molar-refractivity contribution is -0.132. The number of carbonyl (C=O) groups excluding carboxylic acids is 1. The Morgan fingerprint density at radius 2 is 2.16 bits per heavy atom. The average molecular weight is 343 g/mol. The molecule has 1 aromatic carbocycles. The Hall–Kier alpha value is -2.37. The number of hydrogen-bond acceptors (Lipinski definition) is 5. The second-order valence-electron chi connectivity index (χ2n) is 6.71. The van der Waals surface area contributed by atoms with Gasteiger partial charge >= 0.3 is 0 Å². The molecule has 1 aliphatic heterocycles. The fraction of sp³-hybridized carbons (Fsp3) is 0.526. The third kappa shape index (κ3) is 4.18. The number of ether oxygens (including phenoxy) is 1. The van der Waals surface area contributed by atoms with Crippen LogP contribution in [0.2, 0.25) is 0 Å². The van der Waals surface area contributed by atoms with Crippen molar-refractivity contribution in [1.82, 2.24) is 15.0 Å². The van der Waals surface area contributed by atoms with E-state index in [4.69, 9.17) is 9.26 Å². The maximum absolute atomic E-state index is 12.6. The first kappa shape index (κ1) is 17.5. The topological polar surface area (TPSA) is 68.5 Å². The SMILES string of the molecule is COc1cccc([C@H](C)CC(=O)N2CCC(c3noc(C)n3)CC2)c1. The summed E-state index contributed by atoms with van der Waals surface area (Å²) in [7, 11) is 1.66. The summed E-state index contributed by atoms with van der Waals surface area (Å²) in [5, 5.41) is 4.01. The molecule has 0 spiro atoms. The van der Waals surface area contributed by atoms with Crippen LogP contribution in [0.25, 0.3) is 0 Å². The highest BCUT2D eigenvalue weighted by Gasteiger charge is 2.27. The molecule has 1 atom stereocenters. The molecular formula is C19H25N3O3. The lowest BCUT2D eigenvalue weighted by Crippen LogP contribution is -2.38. The first-order chi connectivity index (χ1) is 12.1. The van der Waals surface area contributed by atoms with Gasteiger partial charge in [0.25, 0.3) is 0 Å². The molecule has 0 N–H and O–H groups in total. The number of aromatic nitrogens is 2. The Morgan fingerprint density at radius 3 is 2.80 bits per heavy atom. The number of aryl methyl sites for hydroxylation is 1. The lowest BCUT2D eigenvalue weighted by Gasteiger charge is -2.31. The standard InChI is InChI=1S/C19H25N3O3/c1-13(16-5-4-6-17(12-16)24-3)11-18(23)22-9-7-15(8-10-22)19-20-14(2)25-21-19/h4-6,12-13,15H,7-11H2,1-3H3/t13-/m1/s1. The van der Waals surface area contributed by atoms with E-state index in [2.05, 4.69) is 17.1 Å². The van der Waals surface area contributed by atoms with E-state index in [1.807, 2.05) is 29.2 Å². The van der Waals surface area contributed by atoms with Crippen LogP contribution in [0, 0.1) is 6.92 Å². The van der Waals surface area contributed by atoms with Gasteiger partial charge < -0.3 is 14.2 Å². The molecule has 1 fully saturated rings. The molecular weight excluding hydrogens is 318 g/mol. The van der Waals surface area contributed by atoms with Crippen LogP contribution in [0.1, 0.15) is 55.3 Å². The molecule has 1 aliphatic rings. The third-order valence-corrected chi connectivity index (χ3v) is 4.90. The van der Waals surface area contributed by atoms with Crippen LogP contribution >= 0.6 is 0 Å². The van der Waals surface area contributed by atoms with Crippen LogP contribution < -0.4 is 4.74 Å². The second-order valence-corrected chi connectivity index (χ2v) is 6.71. The van der Waals surface area contributed by atoms with Gasteiger partial charge in [0.15, 0.2) is 5.82 Å². The van der Waals surface area contributed by atoms with Crippen molar-refractivity contribution in [3.8, 4) is 5.75 Å². The molecule has 6 heteroatoms. The van der Waals surface area contributed by atoms with Crippen molar-refractivity contribution in [1.29, 1.82) is 0 Å². The van der Waals surface area contributed by atoms with E-state index < -0.39 is 0 Å². The molecule has 6 nitrogen and oxygen atoms in total. The van der Waals surface area contributed by atoms with Gasteiger partial charge in [0.2, 0.25) is 11.8 Å². The van der Waals surface area contributed by atoms with Crippen molar-refractivity contribution >= 4 is 5.91 Å². The summed E-state index contributed by atoms with van der Waals surface area (Å²) in [5.41, 5.74) is 1.13. The van der Waals surface area contributed by atoms with Gasteiger partial charge in [0.05, 0.1) is 7.11 Å². The van der Waals surface area contributed by atoms with E-state index in [0.29, 0.717) is 12.3 Å². The molecule has 0 bridgehead atoms. The zero-order valence-electron chi connectivity index (χ0n) is 15.1. The summed E-state index contributed by atoms with van der Waals surface area (Å²) < 4.78 is 10.3. The predicted molar refractivity (Wildman–Crippen MR) is 93.6 cm³/mol. The molecule has 134 valence electrons. The van der Waals surface area contributed by atoms with Crippen molar-refractivity contribution in [3.63, 3.8) is 0 Å². The zero-order chi connectivity index (χ0) is 17.8. The van der Waals surface area contributed by atoms with E-state index in [1.54, 1.807) is 14.0 Å². The van der Waals surface area contributed by atoms with Gasteiger partial charge in [-0.15, -0.1) is 0 Å². The minimum absolute atomic E-state index is 0.167. The highest BCUT2D eigenvalue weighted by atomic mass is 16.5. The molecule has 0 unspecified atom stereocenters. The minimum Gasteiger partial charge on any atom is -0.497 e. The average Bonchev–Trinajstić information content (AvgIpc) is 3.08. The van der Waals surface area contributed by atoms with Gasteiger partial charge in [-0.1, -0.05) is 24.2 Å². The zero-order valence-corrected chi connectivity index (χ0v) is 15.1. The summed E-state index contributed by atoms with van der Waals surface area (Å²) in [6.45, 7) is 5.39. The van der Waals surface area contributed by atoms with Crippen molar-refractivity contribution in [2.45, 2.75) is 44.9 Å². The Morgan fingerprint density at radius 1 is 1.40 bits per heavy atom. The largest absolute Gasteiger partial charge is 0.497 e. The number of likely N-dealkylation sites (tertiary alicyclic amines) is 1. The molecule has 1 saturated heterocycles. The van der Waals surface area contributed by atoms with E-state index >= 15 is 0 Å². The van der Waals surface area contributed by atoms with Crippen molar-refractivity contribution in [2.24, 2.45) is 0 Å². The molecule has 0 radical (unpaired) electrons. The van der Waals surface area contributed by atoms with E-state index in [1.165, 1.54) is 0 Å². The highest BCUT2D eigenvalue weighted by molar-refractivity contribution is 5.77. The van der Waals surface area contributed by atoms with Gasteiger partial charge in [-0.2, -0.15) is 4.98 Å². The van der Waals surface area contributed by atoms with E-state index in [-0.39, 0.29) is 17.7 Å². The van der Waals surface area contributed by atoms with E-state index in [9.17, 15) is 4.79 Å². The molecule has 3 rings (SSSR count). The van der Waals surface area contributed by atoms with E-state index in [0.717, 1.165) is 43.1 Å². The highest BCUT2D eigenvalue weighted by Crippen LogP contribution is 2.28. The molecule has 2 heterocycles. The summed E-state index contributed by atoms with van der Waals surface area (Å²) in [6.07, 6.45) is 2.29. The molecule has 25 heavy (non-hydrogen) atoms. The normalized spacial score (nSPS) is 16.7. The fourth-order valence-corrected chi connectivity index (χ4v) is 3.32. The summed E-state index contributed by atoms with van der Waals surface area (Å²) in [5.74, 6) is 2.86. The van der Waals surface area contributed by atoms with Gasteiger partial charge in [0, 0.05) is 32.4 Å². The van der Waals surface area contributed by atoms with Crippen LogP contribution in [0.4, 0.5) is 0 Å². The monoisotopic (exact) mass is 343 g/mol. The fourth-order valence-electron chi connectivity index (χ4n) is 3.32. The van der Waals surface area contributed by atoms with Crippen molar-refractivity contribution in [3.05, 3.63) is 41.5 Å². The number of piperidine rings is 1. The molecule has 1 aromatic heterocycles. The van der Waals surface area contributed by atoms with Gasteiger partial charge in [-0.3, -0.25) is 4.79 Å². The maximum Gasteiger partial charge on any atom is 0.223 e. The Labute approximate surface area is 148 Å². The van der Waals surface area contributed by atoms with Gasteiger partial charge in [-0.05, 0) is 36.5 Å². The van der Waals surface area contributed by atoms with Crippen LogP contribution in [0.3, 0.4) is 0 Å². The quantitative estimate of drug-likeness (QED) is 0.833. The maximum atomic E-state index is 12.6.